The SMILES string of the molecule is CCCCSc1nc2nc3c(cn2n1)C(=O)C[C@@H](c1cccc(Cl)c1)C3. The molecular weight excluding hydrogens is 368 g/mol. The Morgan fingerprint density at radius 1 is 1.31 bits per heavy atom. The molecule has 7 heteroatoms. The summed E-state index contributed by atoms with van der Waals surface area (Å²) < 4.78 is 1.63. The molecule has 4 rings (SSSR count). The van der Waals surface area contributed by atoms with Crippen molar-refractivity contribution in [2.45, 2.75) is 43.7 Å². The van der Waals surface area contributed by atoms with E-state index in [0.717, 1.165) is 29.9 Å². The first-order chi connectivity index (χ1) is 12.6. The molecule has 0 amide bonds. The van der Waals surface area contributed by atoms with Gasteiger partial charge in [-0.25, -0.2) is 9.50 Å². The highest BCUT2D eigenvalue weighted by atomic mass is 35.5. The second-order valence-electron chi connectivity index (χ2n) is 6.53. The summed E-state index contributed by atoms with van der Waals surface area (Å²) in [4.78, 5) is 21.8. The van der Waals surface area contributed by atoms with Crippen LogP contribution in [0.3, 0.4) is 0 Å². The molecule has 3 aromatic rings. The average molecular weight is 387 g/mol. The lowest BCUT2D eigenvalue weighted by Gasteiger charge is -2.23. The van der Waals surface area contributed by atoms with E-state index >= 15 is 0 Å². The van der Waals surface area contributed by atoms with Crippen molar-refractivity contribution in [3.05, 3.63) is 52.3 Å². The zero-order valence-electron chi connectivity index (χ0n) is 14.5. The van der Waals surface area contributed by atoms with Gasteiger partial charge in [-0.2, -0.15) is 4.98 Å². The number of thioether (sulfide) groups is 1. The quantitative estimate of drug-likeness (QED) is 0.474. The van der Waals surface area contributed by atoms with Gasteiger partial charge in [0.1, 0.15) is 0 Å². The van der Waals surface area contributed by atoms with Gasteiger partial charge < -0.3 is 0 Å². The molecule has 0 saturated carbocycles. The molecule has 5 nitrogen and oxygen atoms in total. The third kappa shape index (κ3) is 3.48. The molecule has 134 valence electrons. The number of hydrogen-bond acceptors (Lipinski definition) is 5. The number of hydrogen-bond donors (Lipinski definition) is 0. The maximum absolute atomic E-state index is 12.7. The van der Waals surface area contributed by atoms with E-state index in [1.165, 1.54) is 0 Å². The Morgan fingerprint density at radius 3 is 3.00 bits per heavy atom. The van der Waals surface area contributed by atoms with Crippen LogP contribution in [0.4, 0.5) is 0 Å². The van der Waals surface area contributed by atoms with Gasteiger partial charge in [-0.1, -0.05) is 48.8 Å². The van der Waals surface area contributed by atoms with E-state index in [-0.39, 0.29) is 11.7 Å². The topological polar surface area (TPSA) is 60.1 Å². The number of rotatable bonds is 5. The monoisotopic (exact) mass is 386 g/mol. The van der Waals surface area contributed by atoms with E-state index in [9.17, 15) is 4.79 Å². The van der Waals surface area contributed by atoms with Gasteiger partial charge in [0.15, 0.2) is 5.78 Å². The van der Waals surface area contributed by atoms with Gasteiger partial charge >= 0.3 is 0 Å². The average Bonchev–Trinajstić information content (AvgIpc) is 3.02. The van der Waals surface area contributed by atoms with E-state index in [1.54, 1.807) is 22.5 Å². The van der Waals surface area contributed by atoms with Gasteiger partial charge in [0.2, 0.25) is 5.16 Å². The molecule has 2 aromatic heterocycles. The Labute approximate surface area is 161 Å². The summed E-state index contributed by atoms with van der Waals surface area (Å²) in [5, 5.41) is 5.86. The first-order valence-corrected chi connectivity index (χ1v) is 10.2. The maximum atomic E-state index is 12.7. The molecule has 1 aliphatic rings. The Hall–Kier alpha value is -1.92. The van der Waals surface area contributed by atoms with Gasteiger partial charge in [0, 0.05) is 23.4 Å². The molecule has 0 spiro atoms. The Kier molecular flexibility index (Phi) is 4.96. The predicted octanol–water partition coefficient (Wildman–Crippen LogP) is 4.58. The van der Waals surface area contributed by atoms with Crippen molar-refractivity contribution in [2.24, 2.45) is 0 Å². The Balaban J connectivity index is 1.64. The summed E-state index contributed by atoms with van der Waals surface area (Å²) in [5.41, 5.74) is 2.54. The van der Waals surface area contributed by atoms with Crippen LogP contribution in [0, 0.1) is 0 Å². The minimum absolute atomic E-state index is 0.0984. The van der Waals surface area contributed by atoms with Crippen LogP contribution >= 0.6 is 23.4 Å². The number of nitrogens with zero attached hydrogens (tertiary/aromatic N) is 4. The summed E-state index contributed by atoms with van der Waals surface area (Å²) in [6.45, 7) is 2.16. The van der Waals surface area contributed by atoms with Crippen LogP contribution < -0.4 is 0 Å². The summed E-state index contributed by atoms with van der Waals surface area (Å²) in [6.07, 6.45) is 5.23. The van der Waals surface area contributed by atoms with Crippen molar-refractivity contribution in [3.8, 4) is 0 Å². The molecule has 1 aromatic carbocycles. The second-order valence-corrected chi connectivity index (χ2v) is 8.02. The number of aromatic nitrogens is 4. The van der Waals surface area contributed by atoms with Gasteiger partial charge in [-0.05, 0) is 36.5 Å². The first-order valence-electron chi connectivity index (χ1n) is 8.82. The van der Waals surface area contributed by atoms with Crippen LogP contribution in [0.2, 0.25) is 5.02 Å². The lowest BCUT2D eigenvalue weighted by atomic mass is 9.82. The van der Waals surface area contributed by atoms with Gasteiger partial charge in [0.25, 0.3) is 5.78 Å². The smallest absolute Gasteiger partial charge is 0.253 e. The highest BCUT2D eigenvalue weighted by molar-refractivity contribution is 7.99. The van der Waals surface area contributed by atoms with E-state index in [0.29, 0.717) is 34.4 Å². The molecule has 0 unspecified atom stereocenters. The maximum Gasteiger partial charge on any atom is 0.253 e. The van der Waals surface area contributed by atoms with Gasteiger partial charge in [0.05, 0.1) is 11.3 Å². The summed E-state index contributed by atoms with van der Waals surface area (Å²) >= 11 is 7.74. The van der Waals surface area contributed by atoms with Crippen molar-refractivity contribution in [1.82, 2.24) is 19.6 Å². The van der Waals surface area contributed by atoms with Gasteiger partial charge in [-0.15, -0.1) is 5.10 Å². The van der Waals surface area contributed by atoms with Crippen LogP contribution in [0.5, 0.6) is 0 Å². The number of unbranched alkanes of at least 4 members (excludes halogenated alkanes) is 1. The number of benzene rings is 1. The fourth-order valence-corrected chi connectivity index (χ4v) is 4.34. The third-order valence-corrected chi connectivity index (χ3v) is 5.77. The zero-order chi connectivity index (χ0) is 18.1. The fourth-order valence-electron chi connectivity index (χ4n) is 3.23. The zero-order valence-corrected chi connectivity index (χ0v) is 16.1. The van der Waals surface area contributed by atoms with E-state index in [1.807, 2.05) is 24.3 Å². The molecule has 0 radical (unpaired) electrons. The third-order valence-electron chi connectivity index (χ3n) is 4.61. The minimum atomic E-state index is 0.0984. The second kappa shape index (κ2) is 7.37. The van der Waals surface area contributed by atoms with Crippen molar-refractivity contribution >= 4 is 34.9 Å². The Morgan fingerprint density at radius 2 is 2.19 bits per heavy atom. The summed E-state index contributed by atoms with van der Waals surface area (Å²) in [7, 11) is 0. The molecule has 1 aliphatic carbocycles. The van der Waals surface area contributed by atoms with Crippen LogP contribution in [-0.2, 0) is 6.42 Å². The first kappa shape index (κ1) is 17.5. The lowest BCUT2D eigenvalue weighted by molar-refractivity contribution is 0.0962. The number of carbonyl (C=O) groups excluding carboxylic acids is 1. The lowest BCUT2D eigenvalue weighted by Crippen LogP contribution is -2.21. The molecule has 0 bridgehead atoms. The van der Waals surface area contributed by atoms with Gasteiger partial charge in [-0.3, -0.25) is 4.79 Å². The van der Waals surface area contributed by atoms with Crippen molar-refractivity contribution < 1.29 is 4.79 Å². The largest absolute Gasteiger partial charge is 0.294 e. The normalized spacial score (nSPS) is 16.8. The van der Waals surface area contributed by atoms with E-state index < -0.39 is 0 Å². The molecular formula is C19H19ClN4OS. The van der Waals surface area contributed by atoms with Crippen LogP contribution in [0.25, 0.3) is 5.78 Å². The molecule has 0 fully saturated rings. The number of halogens is 1. The van der Waals surface area contributed by atoms with Crippen molar-refractivity contribution in [2.75, 3.05) is 5.75 Å². The fraction of sp³-hybridized carbons (Fsp3) is 0.368. The van der Waals surface area contributed by atoms with Crippen LogP contribution in [0.1, 0.15) is 53.7 Å². The standard InChI is InChI=1S/C19H19ClN4OS/c1-2-3-7-26-19-22-18-21-16-9-13(12-5-4-6-14(20)8-12)10-17(25)15(16)11-24(18)23-19/h4-6,8,11,13H,2-3,7,9-10H2,1H3/t13-/m0/s1. The van der Waals surface area contributed by atoms with Crippen LogP contribution in [-0.4, -0.2) is 31.1 Å². The number of ketones is 1. The van der Waals surface area contributed by atoms with E-state index in [2.05, 4.69) is 22.0 Å². The Bertz CT molecular complexity index is 971. The molecule has 26 heavy (non-hydrogen) atoms. The van der Waals surface area contributed by atoms with Crippen LogP contribution in [0.15, 0.2) is 35.6 Å². The molecule has 2 heterocycles. The number of fused-ring (bicyclic) bond motifs is 2. The number of carbonyl (C=O) groups is 1. The predicted molar refractivity (Wildman–Crippen MR) is 103 cm³/mol. The molecule has 0 N–H and O–H groups in total. The summed E-state index contributed by atoms with van der Waals surface area (Å²) in [5.74, 6) is 1.75. The highest BCUT2D eigenvalue weighted by Gasteiger charge is 2.28. The molecule has 0 saturated heterocycles. The van der Waals surface area contributed by atoms with E-state index in [4.69, 9.17) is 11.6 Å². The molecule has 0 aliphatic heterocycles. The van der Waals surface area contributed by atoms with Crippen molar-refractivity contribution in [3.63, 3.8) is 0 Å². The molecule has 1 atom stereocenters. The summed E-state index contributed by atoms with van der Waals surface area (Å²) in [6, 6.07) is 7.72. The minimum Gasteiger partial charge on any atom is -0.294 e. The number of Topliss-reactive ketones (excluding diaryl/α,β-unsaturated/α-hetero) is 1. The highest BCUT2D eigenvalue weighted by Crippen LogP contribution is 2.33. The van der Waals surface area contributed by atoms with Crippen molar-refractivity contribution in [1.29, 1.82) is 0 Å².